The zero-order valence-electron chi connectivity index (χ0n) is 6.02. The van der Waals surface area contributed by atoms with Crippen LogP contribution >= 0.6 is 12.6 Å². The molecule has 0 spiro atoms. The monoisotopic (exact) mass is 178 g/mol. The SMILES string of the molecule is O=[N+]([O-])c1ccc(S)cc1.[Na]. The van der Waals surface area contributed by atoms with E-state index in [1.807, 2.05) is 0 Å². The fourth-order valence-electron chi connectivity index (χ4n) is 0.574. The van der Waals surface area contributed by atoms with Crippen LogP contribution in [-0.2, 0) is 0 Å². The molecule has 1 aromatic carbocycles. The number of thiol groups is 1. The summed E-state index contributed by atoms with van der Waals surface area (Å²) in [6.07, 6.45) is 0. The van der Waals surface area contributed by atoms with Gasteiger partial charge in [0.05, 0.1) is 4.92 Å². The first kappa shape index (κ1) is 11.0. The summed E-state index contributed by atoms with van der Waals surface area (Å²) in [5, 5.41) is 10.1. The van der Waals surface area contributed by atoms with Crippen molar-refractivity contribution in [2.45, 2.75) is 4.90 Å². The van der Waals surface area contributed by atoms with Gasteiger partial charge in [-0.15, -0.1) is 12.6 Å². The van der Waals surface area contributed by atoms with E-state index < -0.39 is 4.92 Å². The smallest absolute Gasteiger partial charge is 0.258 e. The molecule has 0 atom stereocenters. The third-order valence-corrected chi connectivity index (χ3v) is 1.36. The van der Waals surface area contributed by atoms with Gasteiger partial charge in [0.15, 0.2) is 0 Å². The van der Waals surface area contributed by atoms with Crippen LogP contribution in [-0.4, -0.2) is 34.5 Å². The van der Waals surface area contributed by atoms with Crippen LogP contribution in [0.2, 0.25) is 0 Å². The van der Waals surface area contributed by atoms with E-state index >= 15 is 0 Å². The Hall–Kier alpha value is -0.0300. The molecule has 0 aliphatic heterocycles. The van der Waals surface area contributed by atoms with E-state index in [-0.39, 0.29) is 35.2 Å². The van der Waals surface area contributed by atoms with Crippen molar-refractivity contribution in [2.24, 2.45) is 0 Å². The molecule has 3 nitrogen and oxygen atoms in total. The fourth-order valence-corrected chi connectivity index (χ4v) is 0.723. The molecule has 0 amide bonds. The largest absolute Gasteiger partial charge is 0.269 e. The molecule has 1 radical (unpaired) electrons. The summed E-state index contributed by atoms with van der Waals surface area (Å²) in [5.41, 5.74) is 0.0952. The minimum Gasteiger partial charge on any atom is -0.258 e. The molecule has 0 saturated carbocycles. The van der Waals surface area contributed by atoms with Crippen molar-refractivity contribution < 1.29 is 4.92 Å². The molecule has 0 heterocycles. The van der Waals surface area contributed by atoms with Gasteiger partial charge in [-0.25, -0.2) is 0 Å². The number of hydrogen-bond acceptors (Lipinski definition) is 3. The van der Waals surface area contributed by atoms with Crippen LogP contribution in [0.4, 0.5) is 5.69 Å². The standard InChI is InChI=1S/C6H5NO2S.Na/c8-7(9)5-1-3-6(10)4-2-5;/h1-4,10H;. The summed E-state index contributed by atoms with van der Waals surface area (Å²) in [6.45, 7) is 0. The van der Waals surface area contributed by atoms with Crippen molar-refractivity contribution in [3.8, 4) is 0 Å². The third kappa shape index (κ3) is 3.25. The first-order valence-electron chi connectivity index (χ1n) is 2.63. The number of nitro benzene ring substituents is 1. The molecule has 0 saturated heterocycles. The van der Waals surface area contributed by atoms with Crippen LogP contribution in [0.1, 0.15) is 0 Å². The van der Waals surface area contributed by atoms with E-state index in [9.17, 15) is 10.1 Å². The van der Waals surface area contributed by atoms with Gasteiger partial charge in [0, 0.05) is 46.6 Å². The van der Waals surface area contributed by atoms with Gasteiger partial charge in [0.1, 0.15) is 0 Å². The summed E-state index contributed by atoms with van der Waals surface area (Å²) in [7, 11) is 0. The number of rotatable bonds is 1. The van der Waals surface area contributed by atoms with Gasteiger partial charge < -0.3 is 0 Å². The Balaban J connectivity index is 0.000001000. The Morgan fingerprint density at radius 2 is 1.73 bits per heavy atom. The summed E-state index contributed by atoms with van der Waals surface area (Å²) in [5.74, 6) is 0. The maximum atomic E-state index is 10.1. The maximum Gasteiger partial charge on any atom is 0.269 e. The predicted molar refractivity (Wildman–Crippen MR) is 46.1 cm³/mol. The Kier molecular flexibility index (Phi) is 4.76. The zero-order chi connectivity index (χ0) is 7.56. The summed E-state index contributed by atoms with van der Waals surface area (Å²) in [4.78, 5) is 10.4. The molecule has 0 N–H and O–H groups in total. The molecule has 0 fully saturated rings. The zero-order valence-corrected chi connectivity index (χ0v) is 8.91. The van der Waals surface area contributed by atoms with E-state index in [2.05, 4.69) is 12.6 Å². The van der Waals surface area contributed by atoms with Crippen LogP contribution in [0.3, 0.4) is 0 Å². The Labute approximate surface area is 91.7 Å². The van der Waals surface area contributed by atoms with Crippen LogP contribution in [0.5, 0.6) is 0 Å². The molecule has 5 heteroatoms. The normalized spacial score (nSPS) is 8.45. The second kappa shape index (κ2) is 4.77. The number of non-ortho nitro benzene ring substituents is 1. The van der Waals surface area contributed by atoms with Crippen LogP contribution < -0.4 is 0 Å². The summed E-state index contributed by atoms with van der Waals surface area (Å²) < 4.78 is 0. The van der Waals surface area contributed by atoms with Gasteiger partial charge in [-0.05, 0) is 12.1 Å². The van der Waals surface area contributed by atoms with Gasteiger partial charge >= 0.3 is 0 Å². The number of hydrogen-bond donors (Lipinski definition) is 1. The summed E-state index contributed by atoms with van der Waals surface area (Å²) in [6, 6.07) is 6.01. The first-order chi connectivity index (χ1) is 4.70. The van der Waals surface area contributed by atoms with Gasteiger partial charge in [0.25, 0.3) is 5.69 Å². The average Bonchev–Trinajstić information content (AvgIpc) is 1.88. The maximum absolute atomic E-state index is 10.1. The van der Waals surface area contributed by atoms with Gasteiger partial charge in [-0.2, -0.15) is 0 Å². The van der Waals surface area contributed by atoms with E-state index in [0.29, 0.717) is 0 Å². The van der Waals surface area contributed by atoms with Crippen LogP contribution in [0.25, 0.3) is 0 Å². The molecule has 11 heavy (non-hydrogen) atoms. The minimum absolute atomic E-state index is 0. The molecule has 1 rings (SSSR count). The van der Waals surface area contributed by atoms with E-state index in [1.165, 1.54) is 12.1 Å². The van der Waals surface area contributed by atoms with Crippen molar-refractivity contribution in [3.63, 3.8) is 0 Å². The van der Waals surface area contributed by atoms with E-state index in [1.54, 1.807) is 12.1 Å². The van der Waals surface area contributed by atoms with E-state index in [0.717, 1.165) is 4.90 Å². The van der Waals surface area contributed by atoms with Crippen molar-refractivity contribution in [3.05, 3.63) is 34.4 Å². The molecular weight excluding hydrogens is 173 g/mol. The molecule has 0 bridgehead atoms. The molecule has 0 aromatic heterocycles. The van der Waals surface area contributed by atoms with Crippen LogP contribution in [0, 0.1) is 10.1 Å². The fraction of sp³-hybridized carbons (Fsp3) is 0. The number of benzene rings is 1. The van der Waals surface area contributed by atoms with Gasteiger partial charge in [-0.1, -0.05) is 0 Å². The van der Waals surface area contributed by atoms with Gasteiger partial charge in [0.2, 0.25) is 0 Å². The summed E-state index contributed by atoms with van der Waals surface area (Å²) >= 11 is 3.98. The van der Waals surface area contributed by atoms with Crippen molar-refractivity contribution in [1.82, 2.24) is 0 Å². The van der Waals surface area contributed by atoms with Gasteiger partial charge in [-0.3, -0.25) is 10.1 Å². The third-order valence-electron chi connectivity index (χ3n) is 1.06. The molecule has 0 unspecified atom stereocenters. The Morgan fingerprint density at radius 1 is 1.27 bits per heavy atom. The van der Waals surface area contributed by atoms with Crippen molar-refractivity contribution in [2.75, 3.05) is 0 Å². The predicted octanol–water partition coefficient (Wildman–Crippen LogP) is 1.50. The molecule has 0 aliphatic carbocycles. The van der Waals surface area contributed by atoms with Crippen molar-refractivity contribution in [1.29, 1.82) is 0 Å². The number of nitro groups is 1. The molecular formula is C6H5NNaO2S. The second-order valence-corrected chi connectivity index (χ2v) is 2.29. The number of nitrogens with zero attached hydrogens (tertiary/aromatic N) is 1. The Bertz CT molecular complexity index is 249. The average molecular weight is 178 g/mol. The minimum atomic E-state index is -0.437. The second-order valence-electron chi connectivity index (χ2n) is 1.77. The topological polar surface area (TPSA) is 43.1 Å². The van der Waals surface area contributed by atoms with Crippen molar-refractivity contribution >= 4 is 47.9 Å². The van der Waals surface area contributed by atoms with Crippen LogP contribution in [0.15, 0.2) is 29.2 Å². The molecule has 1 aromatic rings. The molecule has 0 aliphatic rings. The van der Waals surface area contributed by atoms with E-state index in [4.69, 9.17) is 0 Å². The first-order valence-corrected chi connectivity index (χ1v) is 3.08. The quantitative estimate of drug-likeness (QED) is 0.306. The Morgan fingerprint density at radius 3 is 2.09 bits per heavy atom. The molecule has 53 valence electrons.